The van der Waals surface area contributed by atoms with Crippen LogP contribution in [0, 0.1) is 0 Å². The van der Waals surface area contributed by atoms with Crippen molar-refractivity contribution < 1.29 is 4.74 Å². The van der Waals surface area contributed by atoms with Crippen LogP contribution < -0.4 is 4.74 Å². The predicted molar refractivity (Wildman–Crippen MR) is 85.5 cm³/mol. The lowest BCUT2D eigenvalue weighted by atomic mass is 10.1. The van der Waals surface area contributed by atoms with E-state index < -0.39 is 0 Å². The number of hydrogen-bond donors (Lipinski definition) is 0. The standard InChI is InChI=1S/C16H25NO.ClH/c1-5-6-13-18-16-11-9-15(10-12-16)8-7-14(2)17(3)4;/h5-6,9-12,14H,7-8,13H2,1-4H3;1H/b6-5+;. The van der Waals surface area contributed by atoms with Crippen LogP contribution in [0.1, 0.15) is 25.8 Å². The summed E-state index contributed by atoms with van der Waals surface area (Å²) < 4.78 is 5.57. The molecule has 19 heavy (non-hydrogen) atoms. The fraction of sp³-hybridized carbons (Fsp3) is 0.500. The van der Waals surface area contributed by atoms with Gasteiger partial charge in [-0.1, -0.05) is 24.3 Å². The molecule has 0 saturated heterocycles. The average Bonchev–Trinajstić information content (AvgIpc) is 2.37. The van der Waals surface area contributed by atoms with E-state index in [0.717, 1.165) is 12.2 Å². The van der Waals surface area contributed by atoms with Gasteiger partial charge in [-0.15, -0.1) is 12.4 Å². The summed E-state index contributed by atoms with van der Waals surface area (Å²) in [5.74, 6) is 0.942. The van der Waals surface area contributed by atoms with Crippen molar-refractivity contribution in [1.82, 2.24) is 4.90 Å². The molecule has 0 fully saturated rings. The second-order valence-electron chi connectivity index (χ2n) is 4.88. The molecule has 2 nitrogen and oxygen atoms in total. The third-order valence-electron chi connectivity index (χ3n) is 3.24. The van der Waals surface area contributed by atoms with Crippen LogP contribution in [-0.4, -0.2) is 31.6 Å². The summed E-state index contributed by atoms with van der Waals surface area (Å²) in [6.07, 6.45) is 6.31. The van der Waals surface area contributed by atoms with E-state index in [0.29, 0.717) is 12.6 Å². The fourth-order valence-corrected chi connectivity index (χ4v) is 1.63. The van der Waals surface area contributed by atoms with Gasteiger partial charge in [0, 0.05) is 6.04 Å². The summed E-state index contributed by atoms with van der Waals surface area (Å²) in [6.45, 7) is 4.90. The van der Waals surface area contributed by atoms with Gasteiger partial charge in [-0.2, -0.15) is 0 Å². The highest BCUT2D eigenvalue weighted by molar-refractivity contribution is 5.85. The largest absolute Gasteiger partial charge is 0.490 e. The summed E-state index contributed by atoms with van der Waals surface area (Å²) in [5.41, 5.74) is 1.38. The van der Waals surface area contributed by atoms with Gasteiger partial charge in [0.15, 0.2) is 0 Å². The lowest BCUT2D eigenvalue weighted by molar-refractivity contribution is 0.299. The zero-order valence-electron chi connectivity index (χ0n) is 12.4. The van der Waals surface area contributed by atoms with E-state index in [2.05, 4.69) is 50.2 Å². The van der Waals surface area contributed by atoms with Crippen LogP contribution in [0.15, 0.2) is 36.4 Å². The van der Waals surface area contributed by atoms with E-state index in [1.54, 1.807) is 0 Å². The Labute approximate surface area is 123 Å². The Morgan fingerprint density at radius 2 is 1.84 bits per heavy atom. The van der Waals surface area contributed by atoms with Gasteiger partial charge in [-0.05, 0) is 58.5 Å². The third kappa shape index (κ3) is 7.24. The second-order valence-corrected chi connectivity index (χ2v) is 4.88. The summed E-state index contributed by atoms with van der Waals surface area (Å²) in [4.78, 5) is 2.26. The lowest BCUT2D eigenvalue weighted by Crippen LogP contribution is -2.24. The van der Waals surface area contributed by atoms with Crippen molar-refractivity contribution in [3.8, 4) is 5.75 Å². The minimum absolute atomic E-state index is 0. The Morgan fingerprint density at radius 1 is 1.21 bits per heavy atom. The molecular formula is C16H26ClNO. The molecule has 0 heterocycles. The molecule has 0 bridgehead atoms. The Balaban J connectivity index is 0.00000324. The van der Waals surface area contributed by atoms with E-state index in [1.165, 1.54) is 12.0 Å². The molecule has 0 aromatic heterocycles. The van der Waals surface area contributed by atoms with Crippen LogP contribution in [0.5, 0.6) is 5.75 Å². The SMILES string of the molecule is C/C=C/COc1ccc(CCC(C)N(C)C)cc1.Cl. The molecule has 1 rings (SSSR count). The first-order valence-electron chi connectivity index (χ1n) is 6.62. The molecule has 0 aliphatic carbocycles. The van der Waals surface area contributed by atoms with Gasteiger partial charge in [-0.25, -0.2) is 0 Å². The Kier molecular flexibility index (Phi) is 9.36. The van der Waals surface area contributed by atoms with Crippen LogP contribution in [-0.2, 0) is 6.42 Å². The lowest BCUT2D eigenvalue weighted by Gasteiger charge is -2.19. The summed E-state index contributed by atoms with van der Waals surface area (Å²) in [6, 6.07) is 9.05. The molecule has 1 aromatic carbocycles. The molecular weight excluding hydrogens is 258 g/mol. The zero-order chi connectivity index (χ0) is 13.4. The zero-order valence-corrected chi connectivity index (χ0v) is 13.2. The van der Waals surface area contributed by atoms with Gasteiger partial charge >= 0.3 is 0 Å². The van der Waals surface area contributed by atoms with Gasteiger partial charge in [0.05, 0.1) is 0 Å². The molecule has 1 atom stereocenters. The number of ether oxygens (including phenoxy) is 1. The minimum Gasteiger partial charge on any atom is -0.490 e. The molecule has 1 aromatic rings. The molecule has 0 aliphatic rings. The van der Waals surface area contributed by atoms with Crippen LogP contribution >= 0.6 is 12.4 Å². The van der Waals surface area contributed by atoms with Crippen molar-refractivity contribution in [2.45, 2.75) is 32.7 Å². The number of nitrogens with zero attached hydrogens (tertiary/aromatic N) is 1. The van der Waals surface area contributed by atoms with E-state index in [1.807, 2.05) is 19.1 Å². The van der Waals surface area contributed by atoms with Crippen LogP contribution in [0.3, 0.4) is 0 Å². The highest BCUT2D eigenvalue weighted by atomic mass is 35.5. The maximum Gasteiger partial charge on any atom is 0.119 e. The molecule has 0 radical (unpaired) electrons. The first-order chi connectivity index (χ1) is 8.63. The molecule has 0 spiro atoms. The molecule has 108 valence electrons. The monoisotopic (exact) mass is 283 g/mol. The van der Waals surface area contributed by atoms with E-state index in [-0.39, 0.29) is 12.4 Å². The van der Waals surface area contributed by atoms with Crippen LogP contribution in [0.25, 0.3) is 0 Å². The number of halogens is 1. The molecule has 3 heteroatoms. The van der Waals surface area contributed by atoms with Crippen molar-refractivity contribution >= 4 is 12.4 Å². The van der Waals surface area contributed by atoms with Gasteiger partial charge in [-0.3, -0.25) is 0 Å². The van der Waals surface area contributed by atoms with Crippen molar-refractivity contribution in [3.05, 3.63) is 42.0 Å². The van der Waals surface area contributed by atoms with Crippen molar-refractivity contribution in [2.24, 2.45) is 0 Å². The van der Waals surface area contributed by atoms with E-state index in [9.17, 15) is 0 Å². The fourth-order valence-electron chi connectivity index (χ4n) is 1.63. The van der Waals surface area contributed by atoms with Crippen LogP contribution in [0.2, 0.25) is 0 Å². The number of allylic oxidation sites excluding steroid dienone is 1. The number of rotatable bonds is 7. The van der Waals surface area contributed by atoms with E-state index >= 15 is 0 Å². The summed E-state index contributed by atoms with van der Waals surface area (Å²) in [7, 11) is 4.26. The van der Waals surface area contributed by atoms with Crippen molar-refractivity contribution in [3.63, 3.8) is 0 Å². The molecule has 0 saturated carbocycles. The third-order valence-corrected chi connectivity index (χ3v) is 3.24. The van der Waals surface area contributed by atoms with Gasteiger partial charge < -0.3 is 9.64 Å². The normalized spacial score (nSPS) is 12.5. The quantitative estimate of drug-likeness (QED) is 0.703. The average molecular weight is 284 g/mol. The molecule has 0 N–H and O–H groups in total. The maximum absolute atomic E-state index is 5.57. The molecule has 0 amide bonds. The number of hydrogen-bond acceptors (Lipinski definition) is 2. The Morgan fingerprint density at radius 3 is 2.37 bits per heavy atom. The van der Waals surface area contributed by atoms with Crippen LogP contribution in [0.4, 0.5) is 0 Å². The minimum atomic E-state index is 0. The topological polar surface area (TPSA) is 12.5 Å². The number of benzene rings is 1. The van der Waals surface area contributed by atoms with Gasteiger partial charge in [0.25, 0.3) is 0 Å². The molecule has 1 unspecified atom stereocenters. The van der Waals surface area contributed by atoms with Gasteiger partial charge in [0.2, 0.25) is 0 Å². The number of aryl methyl sites for hydroxylation is 1. The predicted octanol–water partition coefficient (Wildman–Crippen LogP) is 3.95. The second kappa shape index (κ2) is 9.88. The first kappa shape index (κ1) is 18.0. The summed E-state index contributed by atoms with van der Waals surface area (Å²) in [5, 5.41) is 0. The molecule has 0 aliphatic heterocycles. The van der Waals surface area contributed by atoms with Crippen molar-refractivity contribution in [1.29, 1.82) is 0 Å². The van der Waals surface area contributed by atoms with Gasteiger partial charge in [0.1, 0.15) is 12.4 Å². The highest BCUT2D eigenvalue weighted by Gasteiger charge is 2.04. The Bertz CT molecular complexity index is 360. The Hall–Kier alpha value is -0.990. The maximum atomic E-state index is 5.57. The van der Waals surface area contributed by atoms with E-state index in [4.69, 9.17) is 4.74 Å². The van der Waals surface area contributed by atoms with Crippen molar-refractivity contribution in [2.75, 3.05) is 20.7 Å². The highest BCUT2D eigenvalue weighted by Crippen LogP contribution is 2.14. The smallest absolute Gasteiger partial charge is 0.119 e. The first-order valence-corrected chi connectivity index (χ1v) is 6.62. The summed E-state index contributed by atoms with van der Waals surface area (Å²) >= 11 is 0.